The molecule has 0 aliphatic heterocycles. The van der Waals surface area contributed by atoms with Gasteiger partial charge in [-0.1, -0.05) is 18.2 Å². The topological polar surface area (TPSA) is 56.6 Å². The Balaban J connectivity index is 2.76. The molecule has 0 amide bonds. The maximum atomic E-state index is 11.0. The third-order valence-corrected chi connectivity index (χ3v) is 2.52. The van der Waals surface area contributed by atoms with E-state index in [4.69, 9.17) is 5.26 Å². The first-order valence-electron chi connectivity index (χ1n) is 4.73. The average Bonchev–Trinajstić information content (AvgIpc) is 2.66. The van der Waals surface area contributed by atoms with Gasteiger partial charge >= 0.3 is 0 Å². The highest BCUT2D eigenvalue weighted by atomic mass is 16.1. The molecule has 1 aromatic heterocycles. The van der Waals surface area contributed by atoms with Crippen molar-refractivity contribution in [2.24, 2.45) is 0 Å². The van der Waals surface area contributed by atoms with E-state index in [0.717, 1.165) is 17.2 Å². The Morgan fingerprint density at radius 3 is 2.87 bits per heavy atom. The predicted octanol–water partition coefficient (Wildman–Crippen LogP) is 2.61. The fourth-order valence-electron chi connectivity index (χ4n) is 1.72. The lowest BCUT2D eigenvalue weighted by molar-refractivity contribution is 0.112. The summed E-state index contributed by atoms with van der Waals surface area (Å²) >= 11 is 0. The van der Waals surface area contributed by atoms with Crippen molar-refractivity contribution in [3.8, 4) is 6.07 Å². The molecule has 0 aliphatic carbocycles. The van der Waals surface area contributed by atoms with Crippen LogP contribution in [0.15, 0.2) is 24.3 Å². The van der Waals surface area contributed by atoms with E-state index in [1.54, 1.807) is 6.92 Å². The Labute approximate surface area is 87.3 Å². The van der Waals surface area contributed by atoms with Crippen molar-refractivity contribution in [3.63, 3.8) is 0 Å². The molecule has 1 atom stereocenters. The Bertz CT molecular complexity index is 548. The molecule has 1 N–H and O–H groups in total. The number of nitrogens with one attached hydrogen (secondary N) is 1. The van der Waals surface area contributed by atoms with Crippen LogP contribution in [0.4, 0.5) is 0 Å². The third kappa shape index (κ3) is 1.40. The first-order valence-corrected chi connectivity index (χ1v) is 4.73. The fourth-order valence-corrected chi connectivity index (χ4v) is 1.72. The third-order valence-electron chi connectivity index (χ3n) is 2.52. The van der Waals surface area contributed by atoms with Crippen LogP contribution in [0, 0.1) is 11.3 Å². The monoisotopic (exact) mass is 198 g/mol. The lowest BCUT2D eigenvalue weighted by Gasteiger charge is -1.98. The van der Waals surface area contributed by atoms with E-state index < -0.39 is 0 Å². The van der Waals surface area contributed by atoms with Gasteiger partial charge in [0, 0.05) is 22.2 Å². The second kappa shape index (κ2) is 3.58. The van der Waals surface area contributed by atoms with Crippen molar-refractivity contribution in [3.05, 3.63) is 35.5 Å². The molecule has 3 nitrogen and oxygen atoms in total. The molecule has 0 bridgehead atoms. The number of hydrogen-bond acceptors (Lipinski definition) is 2. The minimum Gasteiger partial charge on any atom is -0.357 e. The fraction of sp³-hybridized carbons (Fsp3) is 0.167. The van der Waals surface area contributed by atoms with Gasteiger partial charge in [-0.15, -0.1) is 0 Å². The van der Waals surface area contributed by atoms with E-state index in [1.807, 2.05) is 24.3 Å². The Hall–Kier alpha value is -2.08. The van der Waals surface area contributed by atoms with Crippen LogP contribution in [-0.4, -0.2) is 11.3 Å². The van der Waals surface area contributed by atoms with Crippen LogP contribution >= 0.6 is 0 Å². The lowest BCUT2D eigenvalue weighted by atomic mass is 10.0. The summed E-state index contributed by atoms with van der Waals surface area (Å²) in [6.45, 7) is 1.78. The number of nitriles is 1. The number of para-hydroxylation sites is 1. The van der Waals surface area contributed by atoms with Crippen molar-refractivity contribution >= 4 is 17.2 Å². The summed E-state index contributed by atoms with van der Waals surface area (Å²) in [7, 11) is 0. The van der Waals surface area contributed by atoms with Crippen molar-refractivity contribution in [1.82, 2.24) is 4.98 Å². The van der Waals surface area contributed by atoms with Gasteiger partial charge in [-0.3, -0.25) is 4.79 Å². The van der Waals surface area contributed by atoms with E-state index in [-0.39, 0.29) is 5.92 Å². The van der Waals surface area contributed by atoms with Crippen LogP contribution in [0.25, 0.3) is 10.9 Å². The first-order chi connectivity index (χ1) is 7.27. The van der Waals surface area contributed by atoms with E-state index in [1.165, 1.54) is 0 Å². The van der Waals surface area contributed by atoms with E-state index in [0.29, 0.717) is 11.3 Å². The molecule has 0 spiro atoms. The zero-order chi connectivity index (χ0) is 10.8. The molecular weight excluding hydrogens is 188 g/mol. The van der Waals surface area contributed by atoms with Gasteiger partial charge in [-0.2, -0.15) is 5.26 Å². The van der Waals surface area contributed by atoms with E-state index in [9.17, 15) is 4.79 Å². The smallest absolute Gasteiger partial charge is 0.152 e. The molecule has 1 aromatic carbocycles. The summed E-state index contributed by atoms with van der Waals surface area (Å²) in [5, 5.41) is 9.73. The van der Waals surface area contributed by atoms with Crippen LogP contribution in [0.3, 0.4) is 0 Å². The van der Waals surface area contributed by atoms with Gasteiger partial charge in [-0.25, -0.2) is 0 Å². The zero-order valence-corrected chi connectivity index (χ0v) is 8.32. The van der Waals surface area contributed by atoms with Crippen molar-refractivity contribution in [2.75, 3.05) is 0 Å². The van der Waals surface area contributed by atoms with Gasteiger partial charge in [0.2, 0.25) is 0 Å². The Morgan fingerprint density at radius 1 is 1.47 bits per heavy atom. The Kier molecular flexibility index (Phi) is 2.26. The highest BCUT2D eigenvalue weighted by molar-refractivity contribution is 5.99. The molecule has 3 heteroatoms. The number of aromatic amines is 1. The standard InChI is InChI=1S/C12H10N2O/c1-8(6-13)12-10(7-15)9-4-2-3-5-11(9)14-12/h2-5,7-8,14H,1H3. The average molecular weight is 198 g/mol. The van der Waals surface area contributed by atoms with Gasteiger partial charge in [0.25, 0.3) is 0 Å². The molecule has 2 aromatic rings. The number of aldehydes is 1. The molecular formula is C12H10N2O. The summed E-state index contributed by atoms with van der Waals surface area (Å²) in [4.78, 5) is 14.1. The highest BCUT2D eigenvalue weighted by Crippen LogP contribution is 2.25. The quantitative estimate of drug-likeness (QED) is 0.754. The van der Waals surface area contributed by atoms with Crippen LogP contribution < -0.4 is 0 Å². The SMILES string of the molecule is CC(C#N)c1[nH]c2ccccc2c1C=O. The molecule has 2 rings (SSSR count). The van der Waals surface area contributed by atoms with Crippen LogP contribution in [0.1, 0.15) is 28.9 Å². The predicted molar refractivity (Wildman–Crippen MR) is 57.7 cm³/mol. The minimum absolute atomic E-state index is 0.294. The summed E-state index contributed by atoms with van der Waals surface area (Å²) in [5.41, 5.74) is 2.20. The molecule has 1 heterocycles. The molecule has 0 saturated heterocycles. The number of hydrogen-bond donors (Lipinski definition) is 1. The van der Waals surface area contributed by atoms with Gasteiger partial charge in [0.05, 0.1) is 12.0 Å². The number of carbonyl (C=O) groups is 1. The maximum Gasteiger partial charge on any atom is 0.152 e. The summed E-state index contributed by atoms with van der Waals surface area (Å²) in [6, 6.07) is 9.68. The zero-order valence-electron chi connectivity index (χ0n) is 8.32. The largest absolute Gasteiger partial charge is 0.357 e. The van der Waals surface area contributed by atoms with Crippen molar-refractivity contribution < 1.29 is 4.79 Å². The van der Waals surface area contributed by atoms with Gasteiger partial charge in [-0.05, 0) is 13.0 Å². The second-order valence-corrected chi connectivity index (χ2v) is 3.47. The summed E-state index contributed by atoms with van der Waals surface area (Å²) < 4.78 is 0. The molecule has 0 radical (unpaired) electrons. The van der Waals surface area contributed by atoms with Crippen molar-refractivity contribution in [2.45, 2.75) is 12.8 Å². The number of fused-ring (bicyclic) bond motifs is 1. The lowest BCUT2D eigenvalue weighted by Crippen LogP contribution is -1.94. The summed E-state index contributed by atoms with van der Waals surface area (Å²) in [6.07, 6.45) is 0.808. The number of aromatic nitrogens is 1. The van der Waals surface area contributed by atoms with Crippen LogP contribution in [-0.2, 0) is 0 Å². The number of nitrogens with zero attached hydrogens (tertiary/aromatic N) is 1. The number of rotatable bonds is 2. The summed E-state index contributed by atoms with van der Waals surface area (Å²) in [5.74, 6) is -0.294. The molecule has 15 heavy (non-hydrogen) atoms. The number of benzene rings is 1. The van der Waals surface area contributed by atoms with Gasteiger partial charge < -0.3 is 4.98 Å². The van der Waals surface area contributed by atoms with Crippen LogP contribution in [0.2, 0.25) is 0 Å². The van der Waals surface area contributed by atoms with E-state index in [2.05, 4.69) is 11.1 Å². The van der Waals surface area contributed by atoms with E-state index >= 15 is 0 Å². The number of H-pyrrole nitrogens is 1. The molecule has 74 valence electrons. The molecule has 0 aliphatic rings. The minimum atomic E-state index is -0.294. The van der Waals surface area contributed by atoms with Gasteiger partial charge in [0.15, 0.2) is 6.29 Å². The van der Waals surface area contributed by atoms with Crippen molar-refractivity contribution in [1.29, 1.82) is 5.26 Å². The molecule has 0 saturated carbocycles. The highest BCUT2D eigenvalue weighted by Gasteiger charge is 2.15. The molecule has 0 fully saturated rings. The van der Waals surface area contributed by atoms with Gasteiger partial charge in [0.1, 0.15) is 0 Å². The maximum absolute atomic E-state index is 11.0. The second-order valence-electron chi connectivity index (χ2n) is 3.47. The van der Waals surface area contributed by atoms with Crippen LogP contribution in [0.5, 0.6) is 0 Å². The normalized spacial score (nSPS) is 12.3. The molecule has 1 unspecified atom stereocenters. The Morgan fingerprint density at radius 2 is 2.20 bits per heavy atom. The number of carbonyl (C=O) groups excluding carboxylic acids is 1. The first kappa shape index (κ1) is 9.47.